The van der Waals surface area contributed by atoms with Crippen LogP contribution in [0.4, 0.5) is 0 Å². The molecule has 128 valence electrons. The van der Waals surface area contributed by atoms with Gasteiger partial charge in [-0.1, -0.05) is 41.9 Å². The number of halogens is 1. The summed E-state index contributed by atoms with van der Waals surface area (Å²) in [6.07, 6.45) is 1.62. The summed E-state index contributed by atoms with van der Waals surface area (Å²) in [6, 6.07) is 11.7. The van der Waals surface area contributed by atoms with Gasteiger partial charge in [-0.25, -0.2) is 0 Å². The minimum absolute atomic E-state index is 0.0517. The van der Waals surface area contributed by atoms with Crippen LogP contribution < -0.4 is 5.32 Å². The van der Waals surface area contributed by atoms with E-state index in [9.17, 15) is 4.79 Å². The Morgan fingerprint density at radius 2 is 1.96 bits per heavy atom. The summed E-state index contributed by atoms with van der Waals surface area (Å²) < 4.78 is 0. The average molecular weight is 347 g/mol. The van der Waals surface area contributed by atoms with Crippen LogP contribution in [0.15, 0.2) is 42.6 Å². The first-order valence-electron chi connectivity index (χ1n) is 8.22. The fourth-order valence-electron chi connectivity index (χ4n) is 2.94. The van der Waals surface area contributed by atoms with E-state index in [-0.39, 0.29) is 11.9 Å². The Bertz CT molecular complexity index is 665. The van der Waals surface area contributed by atoms with Gasteiger partial charge in [0.05, 0.1) is 11.1 Å². The number of benzene rings is 1. The molecule has 1 aliphatic rings. The lowest BCUT2D eigenvalue weighted by atomic mass is 10.1. The number of hydrogen-bond donors (Lipinski definition) is 2. The minimum Gasteiger partial charge on any atom is -0.356 e. The monoisotopic (exact) mass is 346 g/mol. The first kappa shape index (κ1) is 17.0. The Morgan fingerprint density at radius 3 is 2.58 bits per heavy atom. The van der Waals surface area contributed by atoms with Crippen LogP contribution >= 0.6 is 11.6 Å². The van der Waals surface area contributed by atoms with E-state index in [1.54, 1.807) is 12.3 Å². The van der Waals surface area contributed by atoms with Gasteiger partial charge in [0.15, 0.2) is 0 Å². The third-order valence-corrected chi connectivity index (χ3v) is 4.65. The molecule has 0 aliphatic carbocycles. The molecule has 1 atom stereocenters. The molecular weight excluding hydrogens is 324 g/mol. The van der Waals surface area contributed by atoms with E-state index in [0.717, 1.165) is 38.3 Å². The zero-order chi connectivity index (χ0) is 16.9. The maximum Gasteiger partial charge on any atom is 0.268 e. The number of rotatable bonds is 5. The van der Waals surface area contributed by atoms with Crippen molar-refractivity contribution in [3.05, 3.63) is 58.9 Å². The van der Waals surface area contributed by atoms with Gasteiger partial charge >= 0.3 is 0 Å². The summed E-state index contributed by atoms with van der Waals surface area (Å²) in [5.41, 5.74) is 1.60. The second kappa shape index (κ2) is 7.83. The lowest BCUT2D eigenvalue weighted by molar-refractivity contribution is 0.0903. The van der Waals surface area contributed by atoms with Crippen molar-refractivity contribution in [2.75, 3.05) is 39.8 Å². The Morgan fingerprint density at radius 1 is 1.25 bits per heavy atom. The zero-order valence-electron chi connectivity index (χ0n) is 13.8. The van der Waals surface area contributed by atoms with Crippen LogP contribution in [-0.2, 0) is 0 Å². The smallest absolute Gasteiger partial charge is 0.268 e. The number of piperazine rings is 1. The van der Waals surface area contributed by atoms with Crippen LogP contribution in [0.2, 0.25) is 5.02 Å². The van der Waals surface area contributed by atoms with Crippen LogP contribution in [0.25, 0.3) is 0 Å². The van der Waals surface area contributed by atoms with Gasteiger partial charge in [-0.05, 0) is 18.7 Å². The predicted octanol–water partition coefficient (Wildman–Crippen LogP) is 2.39. The minimum atomic E-state index is -0.134. The van der Waals surface area contributed by atoms with Crippen molar-refractivity contribution >= 4 is 17.5 Å². The highest BCUT2D eigenvalue weighted by Crippen LogP contribution is 2.17. The molecule has 0 spiro atoms. The van der Waals surface area contributed by atoms with E-state index in [2.05, 4.69) is 39.3 Å². The highest BCUT2D eigenvalue weighted by Gasteiger charge is 2.22. The topological polar surface area (TPSA) is 51.4 Å². The Hall–Kier alpha value is -1.82. The molecule has 1 saturated heterocycles. The van der Waals surface area contributed by atoms with Gasteiger partial charge in [0, 0.05) is 38.9 Å². The van der Waals surface area contributed by atoms with Crippen LogP contribution in [0.5, 0.6) is 0 Å². The van der Waals surface area contributed by atoms with E-state index in [4.69, 9.17) is 11.6 Å². The number of H-pyrrole nitrogens is 1. The first-order valence-corrected chi connectivity index (χ1v) is 8.60. The first-order chi connectivity index (χ1) is 11.6. The summed E-state index contributed by atoms with van der Waals surface area (Å²) in [5, 5.41) is 3.67. The molecule has 0 unspecified atom stereocenters. The van der Waals surface area contributed by atoms with Crippen molar-refractivity contribution in [3.8, 4) is 0 Å². The van der Waals surface area contributed by atoms with E-state index >= 15 is 0 Å². The molecule has 3 rings (SSSR count). The van der Waals surface area contributed by atoms with Gasteiger partial charge in [-0.3, -0.25) is 9.69 Å². The number of nitrogens with zero attached hydrogens (tertiary/aromatic N) is 2. The summed E-state index contributed by atoms with van der Waals surface area (Å²) in [7, 11) is 2.14. The molecule has 1 fully saturated rings. The fourth-order valence-corrected chi connectivity index (χ4v) is 3.11. The molecule has 6 heteroatoms. The van der Waals surface area contributed by atoms with Crippen molar-refractivity contribution in [2.24, 2.45) is 0 Å². The van der Waals surface area contributed by atoms with Gasteiger partial charge < -0.3 is 15.2 Å². The molecule has 1 aromatic carbocycles. The molecular formula is C18H23ClN4O. The number of nitrogens with one attached hydrogen (secondary N) is 2. The Kier molecular flexibility index (Phi) is 5.56. The number of amides is 1. The summed E-state index contributed by atoms with van der Waals surface area (Å²) in [4.78, 5) is 20.1. The second-order valence-electron chi connectivity index (χ2n) is 6.27. The maximum absolute atomic E-state index is 12.5. The van der Waals surface area contributed by atoms with E-state index in [1.165, 1.54) is 0 Å². The van der Waals surface area contributed by atoms with Crippen molar-refractivity contribution in [3.63, 3.8) is 0 Å². The highest BCUT2D eigenvalue weighted by atomic mass is 35.5. The SMILES string of the molecule is CN1CCN(C[C@@H](NC(=O)c2cc(Cl)c[nH]2)c2ccccc2)CC1. The number of carbonyl (C=O) groups is 1. The van der Waals surface area contributed by atoms with Crippen LogP contribution in [-0.4, -0.2) is 60.5 Å². The van der Waals surface area contributed by atoms with Crippen molar-refractivity contribution in [2.45, 2.75) is 6.04 Å². The molecule has 2 aromatic rings. The van der Waals surface area contributed by atoms with Crippen LogP contribution in [0, 0.1) is 0 Å². The normalized spacial score (nSPS) is 17.6. The number of aromatic nitrogens is 1. The lowest BCUT2D eigenvalue weighted by Gasteiger charge is -2.35. The molecule has 24 heavy (non-hydrogen) atoms. The van der Waals surface area contributed by atoms with E-state index in [1.807, 2.05) is 18.2 Å². The van der Waals surface area contributed by atoms with Crippen LogP contribution in [0.3, 0.4) is 0 Å². The molecule has 5 nitrogen and oxygen atoms in total. The average Bonchev–Trinajstić information content (AvgIpc) is 3.03. The highest BCUT2D eigenvalue weighted by molar-refractivity contribution is 6.30. The van der Waals surface area contributed by atoms with Gasteiger partial charge in [0.25, 0.3) is 5.91 Å². The van der Waals surface area contributed by atoms with Gasteiger partial charge in [-0.15, -0.1) is 0 Å². The summed E-state index contributed by atoms with van der Waals surface area (Å²) in [6.45, 7) is 4.95. The molecule has 1 aromatic heterocycles. The molecule has 2 heterocycles. The van der Waals surface area contributed by atoms with Gasteiger partial charge in [0.1, 0.15) is 5.69 Å². The number of carbonyl (C=O) groups excluding carboxylic acids is 1. The lowest BCUT2D eigenvalue weighted by Crippen LogP contribution is -2.47. The quantitative estimate of drug-likeness (QED) is 0.874. The summed E-state index contributed by atoms with van der Waals surface area (Å²) in [5.74, 6) is -0.134. The molecule has 2 N–H and O–H groups in total. The molecule has 0 saturated carbocycles. The largest absolute Gasteiger partial charge is 0.356 e. The van der Waals surface area contributed by atoms with Crippen molar-refractivity contribution in [1.29, 1.82) is 0 Å². The van der Waals surface area contributed by atoms with Gasteiger partial charge in [0.2, 0.25) is 0 Å². The molecule has 1 aliphatic heterocycles. The third kappa shape index (κ3) is 4.38. The summed E-state index contributed by atoms with van der Waals surface area (Å²) >= 11 is 5.90. The Labute approximate surface area is 147 Å². The molecule has 0 bridgehead atoms. The van der Waals surface area contributed by atoms with Gasteiger partial charge in [-0.2, -0.15) is 0 Å². The third-order valence-electron chi connectivity index (χ3n) is 4.44. The molecule has 1 amide bonds. The predicted molar refractivity (Wildman–Crippen MR) is 96.4 cm³/mol. The number of likely N-dealkylation sites (N-methyl/N-ethyl adjacent to an activating group) is 1. The number of aromatic amines is 1. The van der Waals surface area contributed by atoms with Crippen LogP contribution in [0.1, 0.15) is 22.1 Å². The van der Waals surface area contributed by atoms with Crippen molar-refractivity contribution in [1.82, 2.24) is 20.1 Å². The van der Waals surface area contributed by atoms with E-state index in [0.29, 0.717) is 10.7 Å². The fraction of sp³-hybridized carbons (Fsp3) is 0.389. The standard InChI is InChI=1S/C18H23ClN4O/c1-22-7-9-23(10-8-22)13-17(14-5-3-2-4-6-14)21-18(24)16-11-15(19)12-20-16/h2-6,11-12,17,20H,7-10,13H2,1H3,(H,21,24)/t17-/m1/s1. The van der Waals surface area contributed by atoms with Crippen molar-refractivity contribution < 1.29 is 4.79 Å². The van der Waals surface area contributed by atoms with E-state index < -0.39 is 0 Å². The zero-order valence-corrected chi connectivity index (χ0v) is 14.6. The number of hydrogen-bond acceptors (Lipinski definition) is 3. The molecule has 0 radical (unpaired) electrons. The second-order valence-corrected chi connectivity index (χ2v) is 6.71. The maximum atomic E-state index is 12.5. The Balaban J connectivity index is 1.71.